The maximum Gasteiger partial charge on any atom is 0.316 e. The highest BCUT2D eigenvalue weighted by Crippen LogP contribution is 2.27. The molecule has 2 amide bonds. The summed E-state index contributed by atoms with van der Waals surface area (Å²) in [5.41, 5.74) is 6.83. The van der Waals surface area contributed by atoms with E-state index in [0.29, 0.717) is 12.2 Å². The zero-order chi connectivity index (χ0) is 15.5. The van der Waals surface area contributed by atoms with E-state index in [-0.39, 0.29) is 0 Å². The summed E-state index contributed by atoms with van der Waals surface area (Å²) in [7, 11) is 0. The number of carbonyl (C=O) groups is 1. The number of benzene rings is 1. The second-order valence-corrected chi connectivity index (χ2v) is 6.07. The Bertz CT molecular complexity index is 812. The molecule has 112 valence electrons. The van der Waals surface area contributed by atoms with E-state index < -0.39 is 6.03 Å². The van der Waals surface area contributed by atoms with E-state index in [1.807, 2.05) is 24.3 Å². The average Bonchev–Trinajstić information content (AvgIpc) is 2.86. The van der Waals surface area contributed by atoms with Crippen LogP contribution in [-0.4, -0.2) is 16.0 Å². The number of urea groups is 1. The highest BCUT2D eigenvalue weighted by Gasteiger charge is 2.06. The number of nitrogens with two attached hydrogens (primary N) is 1. The van der Waals surface area contributed by atoms with Gasteiger partial charge < -0.3 is 16.4 Å². The molecule has 2 aromatic heterocycles. The number of nitrogens with zero attached hydrogens (tertiary/aromatic N) is 2. The zero-order valence-corrected chi connectivity index (χ0v) is 12.8. The summed E-state index contributed by atoms with van der Waals surface area (Å²) in [5.74, 6) is 0.827. The van der Waals surface area contributed by atoms with Crippen molar-refractivity contribution < 1.29 is 4.79 Å². The molecule has 0 atom stereocenters. The molecule has 0 saturated carbocycles. The third-order valence-corrected chi connectivity index (χ3v) is 4.09. The fraction of sp³-hybridized carbons (Fsp3) is 0.133. The summed E-state index contributed by atoms with van der Waals surface area (Å²) in [4.78, 5) is 21.5. The number of primary amides is 1. The highest BCUT2D eigenvalue weighted by atomic mass is 32.1. The van der Waals surface area contributed by atoms with Crippen molar-refractivity contribution in [3.63, 3.8) is 0 Å². The Labute approximate surface area is 131 Å². The Morgan fingerprint density at radius 3 is 2.77 bits per heavy atom. The maximum absolute atomic E-state index is 10.8. The normalized spacial score (nSPS) is 10.6. The highest BCUT2D eigenvalue weighted by molar-refractivity contribution is 7.18. The topological polar surface area (TPSA) is 92.9 Å². The summed E-state index contributed by atoms with van der Waals surface area (Å²) < 4.78 is 0. The molecule has 0 unspecified atom stereocenters. The summed E-state index contributed by atoms with van der Waals surface area (Å²) in [6.07, 6.45) is 1.57. The van der Waals surface area contributed by atoms with E-state index in [2.05, 4.69) is 33.6 Å². The summed E-state index contributed by atoms with van der Waals surface area (Å²) in [5, 5.41) is 6.89. The van der Waals surface area contributed by atoms with Gasteiger partial charge in [-0.15, -0.1) is 11.3 Å². The Hall–Kier alpha value is -2.67. The molecule has 0 aliphatic heterocycles. The number of thiophene rings is 1. The van der Waals surface area contributed by atoms with Crippen LogP contribution in [0, 0.1) is 6.92 Å². The van der Waals surface area contributed by atoms with Crippen molar-refractivity contribution in [2.24, 2.45) is 5.73 Å². The van der Waals surface area contributed by atoms with Gasteiger partial charge in [0.1, 0.15) is 17.0 Å². The van der Waals surface area contributed by atoms with Gasteiger partial charge in [0, 0.05) is 17.1 Å². The molecule has 1 aromatic carbocycles. The van der Waals surface area contributed by atoms with Crippen LogP contribution in [0.2, 0.25) is 0 Å². The van der Waals surface area contributed by atoms with Gasteiger partial charge in [-0.25, -0.2) is 14.8 Å². The largest absolute Gasteiger partial charge is 0.365 e. The van der Waals surface area contributed by atoms with E-state index in [9.17, 15) is 4.79 Å². The number of anilines is 2. The molecule has 7 heteroatoms. The van der Waals surface area contributed by atoms with Crippen molar-refractivity contribution in [2.75, 3.05) is 10.6 Å². The number of hydrogen-bond acceptors (Lipinski definition) is 5. The van der Waals surface area contributed by atoms with Gasteiger partial charge in [0.25, 0.3) is 0 Å². The van der Waals surface area contributed by atoms with Crippen molar-refractivity contribution >= 4 is 39.1 Å². The van der Waals surface area contributed by atoms with Crippen molar-refractivity contribution in [1.29, 1.82) is 0 Å². The standard InChI is InChI=1S/C15H15N5OS/c1-9-6-12-13(18-8-19-14(12)22-9)17-7-10-2-4-11(5-3-10)20-15(16)21/h2-6,8H,7H2,1H3,(H3,16,20,21)(H,17,18,19). The summed E-state index contributed by atoms with van der Waals surface area (Å²) in [6.45, 7) is 2.69. The molecular weight excluding hydrogens is 298 g/mol. The molecule has 0 radical (unpaired) electrons. The van der Waals surface area contributed by atoms with Crippen molar-refractivity contribution in [3.8, 4) is 0 Å². The van der Waals surface area contributed by atoms with Gasteiger partial charge in [0.15, 0.2) is 0 Å². The number of aromatic nitrogens is 2. The van der Waals surface area contributed by atoms with Crippen LogP contribution in [-0.2, 0) is 6.54 Å². The summed E-state index contributed by atoms with van der Waals surface area (Å²) >= 11 is 1.65. The van der Waals surface area contributed by atoms with E-state index >= 15 is 0 Å². The van der Waals surface area contributed by atoms with Gasteiger partial charge in [0.2, 0.25) is 0 Å². The molecule has 2 heterocycles. The zero-order valence-electron chi connectivity index (χ0n) is 12.0. The van der Waals surface area contributed by atoms with Crippen LogP contribution in [0.4, 0.5) is 16.3 Å². The van der Waals surface area contributed by atoms with Crippen LogP contribution in [0.3, 0.4) is 0 Å². The fourth-order valence-electron chi connectivity index (χ4n) is 2.15. The number of nitrogens with one attached hydrogen (secondary N) is 2. The predicted octanol–water partition coefficient (Wildman–Crippen LogP) is 3.10. The SMILES string of the molecule is Cc1cc2c(NCc3ccc(NC(N)=O)cc3)ncnc2s1. The van der Waals surface area contributed by atoms with Crippen LogP contribution >= 0.6 is 11.3 Å². The van der Waals surface area contributed by atoms with Crippen molar-refractivity contribution in [2.45, 2.75) is 13.5 Å². The van der Waals surface area contributed by atoms with Crippen LogP contribution in [0.5, 0.6) is 0 Å². The van der Waals surface area contributed by atoms with Gasteiger partial charge >= 0.3 is 6.03 Å². The Kier molecular flexibility index (Phi) is 3.88. The van der Waals surface area contributed by atoms with E-state index in [1.165, 1.54) is 4.88 Å². The van der Waals surface area contributed by atoms with Crippen molar-refractivity contribution in [1.82, 2.24) is 9.97 Å². The second kappa shape index (κ2) is 5.98. The van der Waals surface area contributed by atoms with Crippen LogP contribution in [0.15, 0.2) is 36.7 Å². The minimum Gasteiger partial charge on any atom is -0.365 e. The van der Waals surface area contributed by atoms with E-state index in [4.69, 9.17) is 5.73 Å². The lowest BCUT2D eigenvalue weighted by Crippen LogP contribution is -2.19. The lowest BCUT2D eigenvalue weighted by atomic mass is 10.2. The van der Waals surface area contributed by atoms with E-state index in [0.717, 1.165) is 21.6 Å². The van der Waals surface area contributed by atoms with Gasteiger partial charge in [-0.2, -0.15) is 0 Å². The number of carbonyl (C=O) groups excluding carboxylic acids is 1. The predicted molar refractivity (Wildman–Crippen MR) is 89.1 cm³/mol. The Morgan fingerprint density at radius 1 is 1.27 bits per heavy atom. The van der Waals surface area contributed by atoms with Gasteiger partial charge in [-0.05, 0) is 30.7 Å². The Morgan fingerprint density at radius 2 is 2.05 bits per heavy atom. The maximum atomic E-state index is 10.8. The summed E-state index contributed by atoms with van der Waals surface area (Å²) in [6, 6.07) is 8.99. The third-order valence-electron chi connectivity index (χ3n) is 3.13. The number of rotatable bonds is 4. The smallest absolute Gasteiger partial charge is 0.316 e. The molecule has 3 aromatic rings. The van der Waals surface area contributed by atoms with Crippen LogP contribution in [0.25, 0.3) is 10.2 Å². The number of amides is 2. The molecule has 22 heavy (non-hydrogen) atoms. The molecule has 0 bridgehead atoms. The number of aryl methyl sites for hydroxylation is 1. The molecule has 0 spiro atoms. The minimum atomic E-state index is -0.568. The number of hydrogen-bond donors (Lipinski definition) is 3. The molecule has 3 rings (SSSR count). The molecule has 0 fully saturated rings. The molecular formula is C15H15N5OS. The lowest BCUT2D eigenvalue weighted by molar-refractivity contribution is 0.259. The van der Waals surface area contributed by atoms with Crippen LogP contribution in [0.1, 0.15) is 10.4 Å². The van der Waals surface area contributed by atoms with Crippen molar-refractivity contribution in [3.05, 3.63) is 47.1 Å². The lowest BCUT2D eigenvalue weighted by Gasteiger charge is -2.07. The first-order valence-electron chi connectivity index (χ1n) is 6.72. The van der Waals surface area contributed by atoms with E-state index in [1.54, 1.807) is 17.7 Å². The first-order chi connectivity index (χ1) is 10.6. The first kappa shape index (κ1) is 14.3. The van der Waals surface area contributed by atoms with Gasteiger partial charge in [-0.1, -0.05) is 12.1 Å². The number of fused-ring (bicyclic) bond motifs is 1. The fourth-order valence-corrected chi connectivity index (χ4v) is 3.00. The molecule has 0 aliphatic carbocycles. The molecule has 0 saturated heterocycles. The third kappa shape index (κ3) is 3.15. The minimum absolute atomic E-state index is 0.568. The molecule has 0 aliphatic rings. The quantitative estimate of drug-likeness (QED) is 0.690. The Balaban J connectivity index is 1.72. The average molecular weight is 313 g/mol. The van der Waals surface area contributed by atoms with Gasteiger partial charge in [0.05, 0.1) is 5.39 Å². The molecule has 6 nitrogen and oxygen atoms in total. The first-order valence-corrected chi connectivity index (χ1v) is 7.54. The molecule has 4 N–H and O–H groups in total. The monoisotopic (exact) mass is 313 g/mol. The van der Waals surface area contributed by atoms with Gasteiger partial charge in [-0.3, -0.25) is 0 Å². The second-order valence-electron chi connectivity index (χ2n) is 4.84. The van der Waals surface area contributed by atoms with Crippen LogP contribution < -0.4 is 16.4 Å².